The lowest BCUT2D eigenvalue weighted by Gasteiger charge is -1.97. The van der Waals surface area contributed by atoms with Gasteiger partial charge in [0.05, 0.1) is 12.8 Å². The predicted octanol–water partition coefficient (Wildman–Crippen LogP) is 0.718. The minimum absolute atomic E-state index is 0.0619. The van der Waals surface area contributed by atoms with Gasteiger partial charge in [0.25, 0.3) is 0 Å². The summed E-state index contributed by atoms with van der Waals surface area (Å²) in [4.78, 5) is 7.67. The van der Waals surface area contributed by atoms with Crippen molar-refractivity contribution < 1.29 is 5.11 Å². The van der Waals surface area contributed by atoms with Gasteiger partial charge in [0.2, 0.25) is 0 Å². The van der Waals surface area contributed by atoms with Crippen LogP contribution in [0.2, 0.25) is 5.15 Å². The highest BCUT2D eigenvalue weighted by molar-refractivity contribution is 6.29. The number of rotatable bonds is 2. The Labute approximate surface area is 74.7 Å². The maximum absolute atomic E-state index is 8.48. The second-order valence-electron chi connectivity index (χ2n) is 2.05. The van der Waals surface area contributed by atoms with Crippen molar-refractivity contribution in [3.63, 3.8) is 0 Å². The molecular formula is C7H8ClN3O. The van der Waals surface area contributed by atoms with Crippen LogP contribution in [0.3, 0.4) is 0 Å². The Balaban J connectivity index is 2.97. The van der Waals surface area contributed by atoms with E-state index in [2.05, 4.69) is 9.97 Å². The number of aliphatic hydroxyl groups is 1. The summed E-state index contributed by atoms with van der Waals surface area (Å²) in [6.07, 6.45) is 4.44. The van der Waals surface area contributed by atoms with Crippen molar-refractivity contribution in [2.24, 2.45) is 0 Å². The van der Waals surface area contributed by atoms with Crippen LogP contribution in [-0.2, 0) is 0 Å². The number of anilines is 1. The molecule has 0 aromatic carbocycles. The van der Waals surface area contributed by atoms with Crippen LogP contribution >= 0.6 is 11.6 Å². The van der Waals surface area contributed by atoms with Gasteiger partial charge >= 0.3 is 0 Å². The number of hydrogen-bond acceptors (Lipinski definition) is 4. The van der Waals surface area contributed by atoms with Crippen molar-refractivity contribution in [2.45, 2.75) is 0 Å². The van der Waals surface area contributed by atoms with E-state index in [1.165, 1.54) is 12.3 Å². The van der Waals surface area contributed by atoms with Crippen LogP contribution < -0.4 is 5.73 Å². The van der Waals surface area contributed by atoms with Gasteiger partial charge < -0.3 is 10.8 Å². The Morgan fingerprint density at radius 1 is 1.67 bits per heavy atom. The molecule has 12 heavy (non-hydrogen) atoms. The minimum Gasteiger partial charge on any atom is -0.392 e. The van der Waals surface area contributed by atoms with E-state index in [1.54, 1.807) is 6.08 Å². The van der Waals surface area contributed by atoms with Crippen LogP contribution in [0.25, 0.3) is 6.08 Å². The first-order valence-corrected chi connectivity index (χ1v) is 3.67. The first-order valence-electron chi connectivity index (χ1n) is 3.29. The largest absolute Gasteiger partial charge is 0.392 e. The second kappa shape index (κ2) is 4.04. The Morgan fingerprint density at radius 3 is 3.08 bits per heavy atom. The molecule has 0 spiro atoms. The van der Waals surface area contributed by atoms with E-state index >= 15 is 0 Å². The molecule has 1 rings (SSSR count). The van der Waals surface area contributed by atoms with E-state index in [9.17, 15) is 0 Å². The smallest absolute Gasteiger partial charge is 0.149 e. The molecule has 0 unspecified atom stereocenters. The number of halogens is 1. The van der Waals surface area contributed by atoms with Crippen LogP contribution in [-0.4, -0.2) is 21.7 Å². The number of nitrogens with two attached hydrogens (primary N) is 1. The fourth-order valence-corrected chi connectivity index (χ4v) is 0.817. The third-order valence-electron chi connectivity index (χ3n) is 1.18. The predicted molar refractivity (Wildman–Crippen MR) is 47.6 cm³/mol. The highest BCUT2D eigenvalue weighted by atomic mass is 35.5. The summed E-state index contributed by atoms with van der Waals surface area (Å²) in [5.74, 6) is 0.295. The Morgan fingerprint density at radius 2 is 2.42 bits per heavy atom. The summed E-state index contributed by atoms with van der Waals surface area (Å²) < 4.78 is 0. The van der Waals surface area contributed by atoms with E-state index in [1.807, 2.05) is 0 Å². The van der Waals surface area contributed by atoms with E-state index < -0.39 is 0 Å². The monoisotopic (exact) mass is 185 g/mol. The maximum atomic E-state index is 8.48. The van der Waals surface area contributed by atoms with Crippen LogP contribution in [0.4, 0.5) is 5.82 Å². The number of nitrogens with zero attached hydrogens (tertiary/aromatic N) is 2. The molecule has 0 amide bonds. The molecule has 0 aliphatic carbocycles. The van der Waals surface area contributed by atoms with Crippen LogP contribution in [0.15, 0.2) is 12.3 Å². The molecule has 4 nitrogen and oxygen atoms in total. The van der Waals surface area contributed by atoms with Crippen molar-refractivity contribution in [3.05, 3.63) is 23.1 Å². The summed E-state index contributed by atoms with van der Waals surface area (Å²) >= 11 is 5.57. The zero-order valence-electron chi connectivity index (χ0n) is 6.24. The van der Waals surface area contributed by atoms with Crippen molar-refractivity contribution in [2.75, 3.05) is 12.3 Å². The van der Waals surface area contributed by atoms with Crippen LogP contribution in [0.1, 0.15) is 5.69 Å². The molecule has 0 aliphatic rings. The normalized spacial score (nSPS) is 10.8. The molecule has 5 heteroatoms. The highest BCUT2D eigenvalue weighted by Crippen LogP contribution is 2.10. The summed E-state index contributed by atoms with van der Waals surface area (Å²) in [5.41, 5.74) is 5.93. The molecule has 0 saturated carbocycles. The third-order valence-corrected chi connectivity index (χ3v) is 1.36. The van der Waals surface area contributed by atoms with Crippen LogP contribution in [0.5, 0.6) is 0 Å². The van der Waals surface area contributed by atoms with Gasteiger partial charge in [-0.1, -0.05) is 17.7 Å². The average molecular weight is 186 g/mol. The second-order valence-corrected chi connectivity index (χ2v) is 2.44. The molecule has 0 radical (unpaired) electrons. The Kier molecular flexibility index (Phi) is 3.01. The zero-order chi connectivity index (χ0) is 8.97. The third kappa shape index (κ3) is 2.18. The lowest BCUT2D eigenvalue weighted by molar-refractivity contribution is 0.343. The summed E-state index contributed by atoms with van der Waals surface area (Å²) in [5, 5.41) is 8.76. The first-order chi connectivity index (χ1) is 5.74. The molecule has 0 bridgehead atoms. The molecule has 0 fully saturated rings. The van der Waals surface area contributed by atoms with E-state index in [-0.39, 0.29) is 11.8 Å². The van der Waals surface area contributed by atoms with E-state index in [0.717, 1.165) is 0 Å². The molecule has 0 aliphatic heterocycles. The quantitative estimate of drug-likeness (QED) is 0.712. The highest BCUT2D eigenvalue weighted by Gasteiger charge is 1.98. The standard InChI is InChI=1S/C7H8ClN3O/c8-6-4-10-7(9)5(11-6)2-1-3-12/h1-2,4,12H,3H2,(H2,9,10). The van der Waals surface area contributed by atoms with Gasteiger partial charge in [0, 0.05) is 0 Å². The molecule has 3 N–H and O–H groups in total. The molecule has 0 atom stereocenters. The number of nitrogen functional groups attached to an aromatic ring is 1. The lowest BCUT2D eigenvalue weighted by atomic mass is 10.3. The van der Waals surface area contributed by atoms with Crippen molar-refractivity contribution in [1.82, 2.24) is 9.97 Å². The Bertz CT molecular complexity index is 301. The van der Waals surface area contributed by atoms with Gasteiger partial charge in [-0.3, -0.25) is 0 Å². The lowest BCUT2D eigenvalue weighted by Crippen LogP contribution is -1.96. The number of aromatic nitrogens is 2. The van der Waals surface area contributed by atoms with Crippen LogP contribution in [0, 0.1) is 0 Å². The summed E-state index contributed by atoms with van der Waals surface area (Å²) in [7, 11) is 0. The van der Waals surface area contributed by atoms with Crippen molar-refractivity contribution in [3.8, 4) is 0 Å². The summed E-state index contributed by atoms with van der Waals surface area (Å²) in [6.45, 7) is -0.0619. The molecule has 1 aromatic heterocycles. The fourth-order valence-electron chi connectivity index (χ4n) is 0.677. The van der Waals surface area contributed by atoms with Gasteiger partial charge in [0.15, 0.2) is 0 Å². The van der Waals surface area contributed by atoms with E-state index in [4.69, 9.17) is 22.4 Å². The Hall–Kier alpha value is -1.13. The average Bonchev–Trinajstić information content (AvgIpc) is 2.07. The van der Waals surface area contributed by atoms with Gasteiger partial charge in [-0.25, -0.2) is 9.97 Å². The maximum Gasteiger partial charge on any atom is 0.149 e. The molecule has 0 saturated heterocycles. The summed E-state index contributed by atoms with van der Waals surface area (Å²) in [6, 6.07) is 0. The SMILES string of the molecule is Nc1ncc(Cl)nc1C=CCO. The number of aliphatic hydroxyl groups excluding tert-OH is 1. The topological polar surface area (TPSA) is 72.0 Å². The fraction of sp³-hybridized carbons (Fsp3) is 0.143. The first kappa shape index (κ1) is 8.96. The van der Waals surface area contributed by atoms with E-state index in [0.29, 0.717) is 11.5 Å². The number of hydrogen-bond donors (Lipinski definition) is 2. The van der Waals surface area contributed by atoms with Gasteiger partial charge in [-0.2, -0.15) is 0 Å². The zero-order valence-corrected chi connectivity index (χ0v) is 6.99. The van der Waals surface area contributed by atoms with Gasteiger partial charge in [-0.05, 0) is 6.08 Å². The van der Waals surface area contributed by atoms with Gasteiger partial charge in [-0.15, -0.1) is 0 Å². The minimum atomic E-state index is -0.0619. The molecular weight excluding hydrogens is 178 g/mol. The molecule has 1 aromatic rings. The van der Waals surface area contributed by atoms with Gasteiger partial charge in [0.1, 0.15) is 16.7 Å². The molecule has 64 valence electrons. The molecule has 1 heterocycles. The van der Waals surface area contributed by atoms with Crippen molar-refractivity contribution >= 4 is 23.5 Å². The van der Waals surface area contributed by atoms with Crippen molar-refractivity contribution in [1.29, 1.82) is 0 Å².